The van der Waals surface area contributed by atoms with Gasteiger partial charge in [0.1, 0.15) is 5.58 Å². The first-order valence-corrected chi connectivity index (χ1v) is 9.32. The Hall–Kier alpha value is -1.86. The van der Waals surface area contributed by atoms with Crippen molar-refractivity contribution in [1.82, 2.24) is 20.2 Å². The lowest BCUT2D eigenvalue weighted by molar-refractivity contribution is 0.321. The van der Waals surface area contributed by atoms with Gasteiger partial charge in [0.15, 0.2) is 0 Å². The molecule has 0 spiro atoms. The van der Waals surface area contributed by atoms with Crippen LogP contribution < -0.4 is 5.63 Å². The maximum atomic E-state index is 11.9. The van der Waals surface area contributed by atoms with Gasteiger partial charge >= 0.3 is 5.63 Å². The third kappa shape index (κ3) is 3.72. The number of nitrogens with zero attached hydrogens (tertiary/aromatic N) is 4. The average Bonchev–Trinajstić information content (AvgIpc) is 3.01. The van der Waals surface area contributed by atoms with Crippen molar-refractivity contribution >= 4 is 34.3 Å². The zero-order valence-electron chi connectivity index (χ0n) is 14.5. The largest absolute Gasteiger partial charge is 0.423 e. The van der Waals surface area contributed by atoms with Crippen LogP contribution in [0.4, 0.5) is 0 Å². The molecule has 6 nitrogen and oxygen atoms in total. The zero-order valence-corrected chi connectivity index (χ0v) is 16.1. The van der Waals surface area contributed by atoms with Gasteiger partial charge in [0.2, 0.25) is 5.16 Å². The van der Waals surface area contributed by atoms with Gasteiger partial charge in [-0.25, -0.2) is 9.48 Å². The summed E-state index contributed by atoms with van der Waals surface area (Å²) in [5, 5.41) is 14.1. The lowest BCUT2D eigenvalue weighted by atomic mass is 10.1. The molecule has 1 aromatic carbocycles. The van der Waals surface area contributed by atoms with Gasteiger partial charge in [-0.2, -0.15) is 0 Å². The molecule has 0 aliphatic heterocycles. The predicted octanol–water partition coefficient (Wildman–Crippen LogP) is 4.04. The lowest BCUT2D eigenvalue weighted by Gasteiger charge is -2.19. The van der Waals surface area contributed by atoms with E-state index in [4.69, 9.17) is 16.0 Å². The lowest BCUT2D eigenvalue weighted by Crippen LogP contribution is -2.24. The Morgan fingerprint density at radius 3 is 2.68 bits per heavy atom. The monoisotopic (exact) mass is 378 g/mol. The molecule has 0 saturated carbocycles. The number of hydrogen-bond donors (Lipinski definition) is 0. The summed E-state index contributed by atoms with van der Waals surface area (Å²) >= 11 is 7.81. The molecule has 3 aromatic rings. The van der Waals surface area contributed by atoms with Gasteiger partial charge in [0.05, 0.1) is 5.54 Å². The van der Waals surface area contributed by atoms with E-state index in [1.165, 1.54) is 17.8 Å². The van der Waals surface area contributed by atoms with E-state index in [0.717, 1.165) is 22.9 Å². The third-order valence-corrected chi connectivity index (χ3v) is 5.13. The second-order valence-electron chi connectivity index (χ2n) is 6.72. The molecule has 0 radical (unpaired) electrons. The summed E-state index contributed by atoms with van der Waals surface area (Å²) in [6.45, 7) is 8.11. The number of fused-ring (bicyclic) bond motifs is 1. The zero-order chi connectivity index (χ0) is 18.2. The van der Waals surface area contributed by atoms with Crippen LogP contribution in [0.3, 0.4) is 0 Å². The van der Waals surface area contributed by atoms with E-state index in [-0.39, 0.29) is 11.2 Å². The van der Waals surface area contributed by atoms with Gasteiger partial charge in [-0.3, -0.25) is 0 Å². The van der Waals surface area contributed by atoms with Gasteiger partial charge in [0.25, 0.3) is 0 Å². The molecule has 0 saturated heterocycles. The summed E-state index contributed by atoms with van der Waals surface area (Å²) in [7, 11) is 0. The van der Waals surface area contributed by atoms with Crippen molar-refractivity contribution in [2.45, 2.75) is 50.6 Å². The highest BCUT2D eigenvalue weighted by molar-refractivity contribution is 7.98. The van der Waals surface area contributed by atoms with E-state index in [1.807, 2.05) is 39.8 Å². The highest BCUT2D eigenvalue weighted by Crippen LogP contribution is 2.30. The summed E-state index contributed by atoms with van der Waals surface area (Å²) in [5.74, 6) is 0.542. The third-order valence-electron chi connectivity index (χ3n) is 3.81. The van der Waals surface area contributed by atoms with E-state index in [9.17, 15) is 4.79 Å². The van der Waals surface area contributed by atoms with Crippen LogP contribution in [-0.2, 0) is 17.7 Å². The predicted molar refractivity (Wildman–Crippen MR) is 99.2 cm³/mol. The van der Waals surface area contributed by atoms with Crippen LogP contribution in [0, 0.1) is 0 Å². The van der Waals surface area contributed by atoms with Crippen LogP contribution in [0.25, 0.3) is 11.0 Å². The Balaban J connectivity index is 1.98. The molecule has 0 N–H and O–H groups in total. The van der Waals surface area contributed by atoms with E-state index in [1.54, 1.807) is 4.68 Å². The molecule has 2 heterocycles. The van der Waals surface area contributed by atoms with Crippen molar-refractivity contribution in [2.75, 3.05) is 0 Å². The molecule has 3 rings (SSSR count). The fraction of sp³-hybridized carbons (Fsp3) is 0.412. The maximum Gasteiger partial charge on any atom is 0.336 e. The van der Waals surface area contributed by atoms with E-state index < -0.39 is 0 Å². The maximum absolute atomic E-state index is 11.9. The Morgan fingerprint density at radius 1 is 1.24 bits per heavy atom. The molecule has 25 heavy (non-hydrogen) atoms. The number of hydrogen-bond acceptors (Lipinski definition) is 6. The smallest absolute Gasteiger partial charge is 0.336 e. The van der Waals surface area contributed by atoms with E-state index in [0.29, 0.717) is 21.5 Å². The fourth-order valence-corrected chi connectivity index (χ4v) is 3.86. The van der Waals surface area contributed by atoms with Crippen LogP contribution in [0.2, 0.25) is 5.02 Å². The quantitative estimate of drug-likeness (QED) is 0.503. The van der Waals surface area contributed by atoms with E-state index in [2.05, 4.69) is 15.5 Å². The summed E-state index contributed by atoms with van der Waals surface area (Å²) in [6.07, 6.45) is 0.776. The van der Waals surface area contributed by atoms with Crippen molar-refractivity contribution < 1.29 is 4.42 Å². The van der Waals surface area contributed by atoms with Gasteiger partial charge in [0, 0.05) is 22.2 Å². The van der Waals surface area contributed by atoms with Crippen molar-refractivity contribution in [2.24, 2.45) is 0 Å². The van der Waals surface area contributed by atoms with Gasteiger partial charge in [-0.05, 0) is 60.9 Å². The molecule has 0 bridgehead atoms. The Kier molecular flexibility index (Phi) is 4.88. The highest BCUT2D eigenvalue weighted by atomic mass is 35.5. The molecular formula is C17H19ClN4O2S. The first kappa shape index (κ1) is 17.9. The highest BCUT2D eigenvalue weighted by Gasteiger charge is 2.20. The van der Waals surface area contributed by atoms with E-state index >= 15 is 0 Å². The number of benzene rings is 1. The summed E-state index contributed by atoms with van der Waals surface area (Å²) in [5.41, 5.74) is 1.77. The van der Waals surface area contributed by atoms with Crippen molar-refractivity contribution in [3.63, 3.8) is 0 Å². The molecular weight excluding hydrogens is 360 g/mol. The minimum atomic E-state index is -0.372. The van der Waals surface area contributed by atoms with Crippen molar-refractivity contribution in [1.29, 1.82) is 0 Å². The van der Waals surface area contributed by atoms with Crippen LogP contribution >= 0.6 is 23.4 Å². The van der Waals surface area contributed by atoms with Crippen LogP contribution in [0.1, 0.15) is 38.8 Å². The molecule has 0 atom stereocenters. The summed E-state index contributed by atoms with van der Waals surface area (Å²) in [4.78, 5) is 11.9. The molecule has 0 fully saturated rings. The molecule has 132 valence electrons. The Morgan fingerprint density at radius 2 is 2.00 bits per heavy atom. The van der Waals surface area contributed by atoms with Crippen LogP contribution in [0.15, 0.2) is 32.6 Å². The molecule has 0 aliphatic carbocycles. The number of rotatable bonds is 4. The Bertz CT molecular complexity index is 975. The van der Waals surface area contributed by atoms with Crippen molar-refractivity contribution in [3.05, 3.63) is 44.8 Å². The fourth-order valence-electron chi connectivity index (χ4n) is 2.51. The molecule has 2 aromatic heterocycles. The number of tetrazole rings is 1. The van der Waals surface area contributed by atoms with Crippen molar-refractivity contribution in [3.8, 4) is 0 Å². The number of aromatic nitrogens is 4. The SMILES string of the molecule is CCc1cc2oc(=O)cc(CSc3nnnn3C(C)(C)C)c2cc1Cl. The summed E-state index contributed by atoms with van der Waals surface area (Å²) < 4.78 is 7.12. The van der Waals surface area contributed by atoms with Crippen LogP contribution in [0.5, 0.6) is 0 Å². The minimum absolute atomic E-state index is 0.219. The second kappa shape index (κ2) is 6.80. The molecule has 0 unspecified atom stereocenters. The number of aryl methyl sites for hydroxylation is 1. The standard InChI is InChI=1S/C17H19ClN4O2S/c1-5-10-6-14-12(8-13(10)18)11(7-15(23)24-14)9-25-16-19-20-21-22(16)17(2,3)4/h6-8H,5,9H2,1-4H3. The summed E-state index contributed by atoms with van der Waals surface area (Å²) in [6, 6.07) is 5.20. The van der Waals surface area contributed by atoms with Gasteiger partial charge in [-0.1, -0.05) is 30.3 Å². The van der Waals surface area contributed by atoms with Crippen LogP contribution in [-0.4, -0.2) is 20.2 Å². The minimum Gasteiger partial charge on any atom is -0.423 e. The number of thioether (sulfide) groups is 1. The number of halogens is 1. The second-order valence-corrected chi connectivity index (χ2v) is 8.07. The molecule has 8 heteroatoms. The first-order chi connectivity index (χ1) is 11.8. The normalized spacial score (nSPS) is 12.0. The molecule has 0 aliphatic rings. The first-order valence-electron chi connectivity index (χ1n) is 7.96. The van der Waals surface area contributed by atoms with Gasteiger partial charge in [-0.15, -0.1) is 5.10 Å². The average molecular weight is 379 g/mol. The molecule has 0 amide bonds. The van der Waals surface area contributed by atoms with Gasteiger partial charge < -0.3 is 4.42 Å². The Labute approximate surface area is 154 Å². The topological polar surface area (TPSA) is 73.8 Å².